The number of sulfone groups is 1. The third-order valence-corrected chi connectivity index (χ3v) is 6.51. The van der Waals surface area contributed by atoms with Crippen molar-refractivity contribution in [2.45, 2.75) is 44.6 Å². The molecule has 0 amide bonds. The molecule has 27 heavy (non-hydrogen) atoms. The summed E-state index contributed by atoms with van der Waals surface area (Å²) in [6.45, 7) is 7.42. The van der Waals surface area contributed by atoms with Crippen molar-refractivity contribution in [3.8, 4) is 0 Å². The van der Waals surface area contributed by atoms with Crippen molar-refractivity contribution in [2.24, 2.45) is 4.99 Å². The van der Waals surface area contributed by atoms with Crippen LogP contribution in [0.3, 0.4) is 0 Å². The number of aromatic nitrogens is 1. The van der Waals surface area contributed by atoms with Crippen LogP contribution in [0.5, 0.6) is 0 Å². The molecule has 0 bridgehead atoms. The van der Waals surface area contributed by atoms with E-state index < -0.39 is 9.84 Å². The Balaban J connectivity index is 1.85. The fourth-order valence-corrected chi connectivity index (χ4v) is 4.48. The number of rotatable bonds is 7. The highest BCUT2D eigenvalue weighted by atomic mass is 32.2. The van der Waals surface area contributed by atoms with Crippen LogP contribution in [0.25, 0.3) is 0 Å². The number of aliphatic imine (C=N–C) groups is 1. The van der Waals surface area contributed by atoms with Crippen LogP contribution in [0.2, 0.25) is 0 Å². The summed E-state index contributed by atoms with van der Waals surface area (Å²) in [6.07, 6.45) is 2.07. The van der Waals surface area contributed by atoms with Crippen LogP contribution in [-0.2, 0) is 22.8 Å². The summed E-state index contributed by atoms with van der Waals surface area (Å²) in [5, 5.41) is 9.81. The number of hydrogen-bond acceptors (Lipinski definition) is 5. The average molecular weight is 409 g/mol. The predicted octanol–water partition coefficient (Wildman–Crippen LogP) is 2.89. The first-order valence-corrected chi connectivity index (χ1v) is 11.7. The second-order valence-electron chi connectivity index (χ2n) is 6.81. The first-order chi connectivity index (χ1) is 12.7. The van der Waals surface area contributed by atoms with Crippen LogP contribution in [0, 0.1) is 6.92 Å². The molecule has 148 valence electrons. The van der Waals surface area contributed by atoms with Crippen LogP contribution in [0.15, 0.2) is 33.5 Å². The fraction of sp³-hybridized carbons (Fsp3) is 0.474. The van der Waals surface area contributed by atoms with Gasteiger partial charge in [0, 0.05) is 44.1 Å². The molecule has 0 fully saturated rings. The van der Waals surface area contributed by atoms with Crippen molar-refractivity contribution in [2.75, 3.05) is 19.8 Å². The van der Waals surface area contributed by atoms with Crippen molar-refractivity contribution >= 4 is 27.1 Å². The van der Waals surface area contributed by atoms with Gasteiger partial charge in [0.25, 0.3) is 0 Å². The Morgan fingerprint density at radius 2 is 2.04 bits per heavy atom. The average Bonchev–Trinajstić information content (AvgIpc) is 3.06. The lowest BCUT2D eigenvalue weighted by Crippen LogP contribution is -2.37. The molecule has 0 saturated carbocycles. The third kappa shape index (κ3) is 6.32. The minimum atomic E-state index is -3.19. The van der Waals surface area contributed by atoms with E-state index in [1.165, 1.54) is 11.3 Å². The molecular weight excluding hydrogens is 380 g/mol. The molecule has 0 spiro atoms. The summed E-state index contributed by atoms with van der Waals surface area (Å²) in [4.78, 5) is 9.23. The monoisotopic (exact) mass is 408 g/mol. The van der Waals surface area contributed by atoms with E-state index in [2.05, 4.69) is 39.8 Å². The molecule has 1 aromatic heterocycles. The minimum Gasteiger partial charge on any atom is -0.356 e. The van der Waals surface area contributed by atoms with Gasteiger partial charge in [-0.15, -0.1) is 11.3 Å². The lowest BCUT2D eigenvalue weighted by atomic mass is 10.1. The quantitative estimate of drug-likeness (QED) is 0.544. The summed E-state index contributed by atoms with van der Waals surface area (Å²) < 4.78 is 23.4. The highest BCUT2D eigenvalue weighted by molar-refractivity contribution is 7.90. The van der Waals surface area contributed by atoms with E-state index in [0.29, 0.717) is 23.3 Å². The summed E-state index contributed by atoms with van der Waals surface area (Å²) in [7, 11) is -1.46. The van der Waals surface area contributed by atoms with Gasteiger partial charge in [-0.1, -0.05) is 26.0 Å². The van der Waals surface area contributed by atoms with E-state index in [1.54, 1.807) is 24.5 Å². The first kappa shape index (κ1) is 21.4. The van der Waals surface area contributed by atoms with E-state index in [1.807, 2.05) is 19.1 Å². The van der Waals surface area contributed by atoms with E-state index in [4.69, 9.17) is 0 Å². The molecule has 0 aliphatic carbocycles. The second-order valence-corrected chi connectivity index (χ2v) is 9.68. The maximum Gasteiger partial charge on any atom is 0.191 e. The Bertz CT molecular complexity index is 902. The summed E-state index contributed by atoms with van der Waals surface area (Å²) in [5.41, 5.74) is 2.85. The summed E-state index contributed by atoms with van der Waals surface area (Å²) >= 11 is 1.71. The Morgan fingerprint density at radius 3 is 2.59 bits per heavy atom. The van der Waals surface area contributed by atoms with Crippen molar-refractivity contribution < 1.29 is 8.42 Å². The molecule has 0 aliphatic rings. The Labute approximate surface area is 166 Å². The lowest BCUT2D eigenvalue weighted by Gasteiger charge is -2.12. The van der Waals surface area contributed by atoms with Gasteiger partial charge < -0.3 is 10.6 Å². The zero-order chi connectivity index (χ0) is 20.0. The molecule has 2 N–H and O–H groups in total. The number of thiazole rings is 1. The molecule has 0 atom stereocenters. The molecule has 2 aromatic rings. The van der Waals surface area contributed by atoms with Gasteiger partial charge in [0.2, 0.25) is 0 Å². The van der Waals surface area contributed by atoms with Gasteiger partial charge in [-0.3, -0.25) is 4.99 Å². The Hall–Kier alpha value is -1.93. The van der Waals surface area contributed by atoms with E-state index in [9.17, 15) is 8.42 Å². The van der Waals surface area contributed by atoms with Gasteiger partial charge in [0.1, 0.15) is 0 Å². The van der Waals surface area contributed by atoms with Crippen LogP contribution in [0.1, 0.15) is 41.6 Å². The lowest BCUT2D eigenvalue weighted by molar-refractivity contribution is 0.601. The van der Waals surface area contributed by atoms with Gasteiger partial charge in [-0.25, -0.2) is 13.4 Å². The van der Waals surface area contributed by atoms with Crippen molar-refractivity contribution in [3.05, 3.63) is 45.4 Å². The molecule has 8 heteroatoms. The van der Waals surface area contributed by atoms with E-state index >= 15 is 0 Å². The topological polar surface area (TPSA) is 83.4 Å². The maximum absolute atomic E-state index is 11.7. The second kappa shape index (κ2) is 9.32. The number of benzene rings is 1. The van der Waals surface area contributed by atoms with Crippen molar-refractivity contribution in [3.63, 3.8) is 0 Å². The standard InChI is InChI=1S/C19H28N4O2S2/c1-13(2)18-23-16(12-26-18)8-9-21-19(20-4)22-11-15-6-7-17(14(3)10-15)27(5,24)25/h6-7,10,12-13H,8-9,11H2,1-5H3,(H2,20,21,22). The zero-order valence-corrected chi connectivity index (χ0v) is 18.2. The van der Waals surface area contributed by atoms with Gasteiger partial charge >= 0.3 is 0 Å². The molecule has 0 aliphatic heterocycles. The predicted molar refractivity (Wildman–Crippen MR) is 112 cm³/mol. The molecule has 0 radical (unpaired) electrons. The number of nitrogens with one attached hydrogen (secondary N) is 2. The minimum absolute atomic E-state index is 0.373. The highest BCUT2D eigenvalue weighted by Gasteiger charge is 2.11. The van der Waals surface area contributed by atoms with Gasteiger partial charge in [0.05, 0.1) is 15.6 Å². The van der Waals surface area contributed by atoms with Crippen molar-refractivity contribution in [1.82, 2.24) is 15.6 Å². The number of aryl methyl sites for hydroxylation is 1. The van der Waals surface area contributed by atoms with Crippen LogP contribution < -0.4 is 10.6 Å². The number of nitrogens with zero attached hydrogens (tertiary/aromatic N) is 2. The summed E-state index contributed by atoms with van der Waals surface area (Å²) in [6, 6.07) is 5.37. The number of hydrogen-bond donors (Lipinski definition) is 2. The Kier molecular flexibility index (Phi) is 7.38. The van der Waals surface area contributed by atoms with E-state index in [0.717, 1.165) is 29.8 Å². The molecule has 1 heterocycles. The largest absolute Gasteiger partial charge is 0.356 e. The van der Waals surface area contributed by atoms with Gasteiger partial charge in [0.15, 0.2) is 15.8 Å². The van der Waals surface area contributed by atoms with Crippen LogP contribution >= 0.6 is 11.3 Å². The van der Waals surface area contributed by atoms with E-state index in [-0.39, 0.29) is 0 Å². The van der Waals surface area contributed by atoms with Gasteiger partial charge in [-0.2, -0.15) is 0 Å². The molecule has 0 saturated heterocycles. The maximum atomic E-state index is 11.7. The first-order valence-electron chi connectivity index (χ1n) is 8.89. The van der Waals surface area contributed by atoms with Crippen LogP contribution in [-0.4, -0.2) is 39.2 Å². The fourth-order valence-electron chi connectivity index (χ4n) is 2.66. The van der Waals surface area contributed by atoms with Crippen molar-refractivity contribution in [1.29, 1.82) is 0 Å². The smallest absolute Gasteiger partial charge is 0.191 e. The molecule has 2 rings (SSSR count). The van der Waals surface area contributed by atoms with Crippen LogP contribution in [0.4, 0.5) is 0 Å². The zero-order valence-electron chi connectivity index (χ0n) is 16.5. The Morgan fingerprint density at radius 1 is 1.30 bits per heavy atom. The SMILES string of the molecule is CN=C(NCCc1csc(C(C)C)n1)NCc1ccc(S(C)(=O)=O)c(C)c1. The summed E-state index contributed by atoms with van der Waals surface area (Å²) in [5.74, 6) is 1.17. The molecule has 6 nitrogen and oxygen atoms in total. The van der Waals surface area contributed by atoms with Gasteiger partial charge in [-0.05, 0) is 24.1 Å². The third-order valence-electron chi connectivity index (χ3n) is 4.06. The number of guanidine groups is 1. The molecule has 0 unspecified atom stereocenters. The normalized spacial score (nSPS) is 12.4. The highest BCUT2D eigenvalue weighted by Crippen LogP contribution is 2.19. The molecular formula is C19H28N4O2S2. The molecule has 1 aromatic carbocycles.